The number of nitrogens with two attached hydrogens (primary N) is 1. The Morgan fingerprint density at radius 3 is 2.62 bits per heavy atom. The molecule has 21 heavy (non-hydrogen) atoms. The molecule has 2 aromatic rings. The van der Waals surface area contributed by atoms with Crippen LogP contribution in [0.3, 0.4) is 0 Å². The number of nitrogens with zero attached hydrogens (tertiary/aromatic N) is 1. The molecule has 0 aliphatic heterocycles. The molecule has 9 heteroatoms. The van der Waals surface area contributed by atoms with Crippen molar-refractivity contribution < 1.29 is 13.2 Å². The van der Waals surface area contributed by atoms with E-state index < -0.39 is 10.0 Å². The monoisotopic (exact) mass is 345 g/mol. The van der Waals surface area contributed by atoms with Gasteiger partial charge in [-0.3, -0.25) is 4.79 Å². The molecule has 0 fully saturated rings. The number of carbonyl (C=O) groups is 1. The van der Waals surface area contributed by atoms with Gasteiger partial charge in [0.05, 0.1) is 11.1 Å². The predicted molar refractivity (Wildman–Crippen MR) is 80.8 cm³/mol. The van der Waals surface area contributed by atoms with E-state index >= 15 is 0 Å². The lowest BCUT2D eigenvalue weighted by Crippen LogP contribution is -2.26. The number of halogens is 1. The number of aromatic nitrogens is 1. The van der Waals surface area contributed by atoms with E-state index in [2.05, 4.69) is 10.3 Å². The molecule has 2 heterocycles. The summed E-state index contributed by atoms with van der Waals surface area (Å²) in [4.78, 5) is 16.6. The van der Waals surface area contributed by atoms with Crippen LogP contribution in [-0.2, 0) is 10.0 Å². The van der Waals surface area contributed by atoms with Crippen molar-refractivity contribution in [2.45, 2.75) is 17.2 Å². The van der Waals surface area contributed by atoms with Gasteiger partial charge in [0, 0.05) is 11.1 Å². The first-order valence-electron chi connectivity index (χ1n) is 5.82. The summed E-state index contributed by atoms with van der Waals surface area (Å²) < 4.78 is 22.5. The average molecular weight is 346 g/mol. The van der Waals surface area contributed by atoms with Gasteiger partial charge in [0.2, 0.25) is 10.0 Å². The molecule has 3 N–H and O–H groups in total. The molecule has 2 rings (SSSR count). The smallest absolute Gasteiger partial charge is 0.270 e. The minimum atomic E-state index is -3.72. The van der Waals surface area contributed by atoms with Gasteiger partial charge in [0.15, 0.2) is 0 Å². The zero-order chi connectivity index (χ0) is 15.6. The van der Waals surface area contributed by atoms with Crippen LogP contribution in [0.15, 0.2) is 34.7 Å². The molecule has 0 aliphatic carbocycles. The summed E-state index contributed by atoms with van der Waals surface area (Å²) >= 11 is 6.72. The lowest BCUT2D eigenvalue weighted by atomic mass is 10.2. The summed E-state index contributed by atoms with van der Waals surface area (Å²) in [5, 5.41) is 8.22. The first-order chi connectivity index (χ1) is 9.77. The Balaban J connectivity index is 2.11. The van der Waals surface area contributed by atoms with Crippen molar-refractivity contribution in [1.82, 2.24) is 10.3 Å². The summed E-state index contributed by atoms with van der Waals surface area (Å²) in [6.07, 6.45) is 1.38. The van der Waals surface area contributed by atoms with Crippen LogP contribution >= 0.6 is 22.9 Å². The van der Waals surface area contributed by atoms with E-state index in [1.165, 1.54) is 18.3 Å². The van der Waals surface area contributed by atoms with Crippen LogP contribution in [0.4, 0.5) is 0 Å². The maximum atomic E-state index is 12.0. The Labute approximate surface area is 131 Å². The summed E-state index contributed by atoms with van der Waals surface area (Å²) in [6.45, 7) is 1.74. The van der Waals surface area contributed by atoms with Crippen molar-refractivity contribution in [2.75, 3.05) is 0 Å². The van der Waals surface area contributed by atoms with Crippen LogP contribution in [0.25, 0.3) is 0 Å². The van der Waals surface area contributed by atoms with Gasteiger partial charge in [-0.1, -0.05) is 11.6 Å². The predicted octanol–water partition coefficient (Wildman–Crippen LogP) is 1.93. The maximum absolute atomic E-state index is 12.0. The third-order valence-corrected chi connectivity index (χ3v) is 5.55. The fourth-order valence-electron chi connectivity index (χ4n) is 1.57. The van der Waals surface area contributed by atoms with E-state index in [9.17, 15) is 13.2 Å². The average Bonchev–Trinajstić information content (AvgIpc) is 2.88. The molecule has 1 atom stereocenters. The number of sulfonamides is 1. The van der Waals surface area contributed by atoms with Gasteiger partial charge in [-0.25, -0.2) is 18.5 Å². The molecule has 1 unspecified atom stereocenters. The van der Waals surface area contributed by atoms with Crippen molar-refractivity contribution in [3.05, 3.63) is 46.1 Å². The van der Waals surface area contributed by atoms with E-state index in [1.807, 2.05) is 0 Å². The Bertz CT molecular complexity index is 756. The van der Waals surface area contributed by atoms with Gasteiger partial charge in [-0.05, 0) is 31.2 Å². The number of thiophene rings is 1. The van der Waals surface area contributed by atoms with Crippen molar-refractivity contribution >= 4 is 38.9 Å². The minimum absolute atomic E-state index is 0.0585. The van der Waals surface area contributed by atoms with Gasteiger partial charge in [0.1, 0.15) is 9.90 Å². The van der Waals surface area contributed by atoms with Crippen molar-refractivity contribution in [1.29, 1.82) is 0 Å². The van der Waals surface area contributed by atoms with E-state index in [1.54, 1.807) is 19.1 Å². The number of carbonyl (C=O) groups excluding carboxylic acids is 1. The molecule has 1 amide bonds. The third-order valence-electron chi connectivity index (χ3n) is 2.62. The van der Waals surface area contributed by atoms with Gasteiger partial charge < -0.3 is 5.32 Å². The highest BCUT2D eigenvalue weighted by molar-refractivity contribution is 7.91. The van der Waals surface area contributed by atoms with E-state index in [4.69, 9.17) is 16.7 Å². The molecule has 0 aromatic carbocycles. The molecule has 0 saturated carbocycles. The van der Waals surface area contributed by atoms with E-state index in [0.717, 1.165) is 11.3 Å². The first kappa shape index (κ1) is 15.9. The quantitative estimate of drug-likeness (QED) is 0.883. The molecular formula is C12H12ClN3O3S2. The van der Waals surface area contributed by atoms with Gasteiger partial charge in [0.25, 0.3) is 5.91 Å². The fraction of sp³-hybridized carbons (Fsp3) is 0.167. The van der Waals surface area contributed by atoms with Crippen LogP contribution in [0.5, 0.6) is 0 Å². The Kier molecular flexibility index (Phi) is 4.62. The number of pyridine rings is 1. The number of hydrogen-bond acceptors (Lipinski definition) is 5. The number of amides is 1. The highest BCUT2D eigenvalue weighted by Gasteiger charge is 2.17. The Hall–Kier alpha value is -1.48. The van der Waals surface area contributed by atoms with Gasteiger partial charge >= 0.3 is 0 Å². The summed E-state index contributed by atoms with van der Waals surface area (Å²) in [6, 6.07) is 5.74. The van der Waals surface area contributed by atoms with Crippen LogP contribution in [-0.4, -0.2) is 19.3 Å². The summed E-state index contributed by atoms with van der Waals surface area (Å²) in [5.41, 5.74) is 0.231. The van der Waals surface area contributed by atoms with E-state index in [-0.39, 0.29) is 21.9 Å². The Morgan fingerprint density at radius 2 is 2.10 bits per heavy atom. The molecule has 0 spiro atoms. The topological polar surface area (TPSA) is 102 Å². The molecule has 6 nitrogen and oxygen atoms in total. The van der Waals surface area contributed by atoms with Gasteiger partial charge in [-0.15, -0.1) is 11.3 Å². The van der Waals surface area contributed by atoms with Crippen LogP contribution in [0.1, 0.15) is 28.3 Å². The number of hydrogen-bond donors (Lipinski definition) is 2. The van der Waals surface area contributed by atoms with Gasteiger partial charge in [-0.2, -0.15) is 0 Å². The zero-order valence-electron chi connectivity index (χ0n) is 10.9. The van der Waals surface area contributed by atoms with Crippen molar-refractivity contribution in [3.63, 3.8) is 0 Å². The number of rotatable bonds is 4. The molecule has 112 valence electrons. The molecule has 2 aromatic heterocycles. The van der Waals surface area contributed by atoms with Crippen LogP contribution < -0.4 is 10.5 Å². The molecule has 0 saturated heterocycles. The first-order valence-corrected chi connectivity index (χ1v) is 8.56. The third kappa shape index (κ3) is 4.01. The van der Waals surface area contributed by atoms with Crippen LogP contribution in [0.2, 0.25) is 5.02 Å². The highest BCUT2D eigenvalue weighted by atomic mass is 35.5. The largest absolute Gasteiger partial charge is 0.343 e. The number of nitrogens with one attached hydrogen (secondary N) is 1. The maximum Gasteiger partial charge on any atom is 0.270 e. The normalized spacial score (nSPS) is 12.9. The molecular weight excluding hydrogens is 334 g/mol. The zero-order valence-corrected chi connectivity index (χ0v) is 13.3. The lowest BCUT2D eigenvalue weighted by molar-refractivity contribution is 0.0935. The fourth-order valence-corrected chi connectivity index (χ4v) is 3.43. The lowest BCUT2D eigenvalue weighted by Gasteiger charge is -2.11. The SMILES string of the molecule is CC(NC(=O)c1ccc(Cl)cn1)c1ccc(S(N)(=O)=O)s1. The molecule has 0 bridgehead atoms. The van der Waals surface area contributed by atoms with E-state index in [0.29, 0.717) is 9.90 Å². The van der Waals surface area contributed by atoms with Crippen molar-refractivity contribution in [2.24, 2.45) is 5.14 Å². The number of primary sulfonamides is 1. The second-order valence-electron chi connectivity index (χ2n) is 4.26. The Morgan fingerprint density at radius 1 is 1.38 bits per heavy atom. The second kappa shape index (κ2) is 6.10. The minimum Gasteiger partial charge on any atom is -0.343 e. The summed E-state index contributed by atoms with van der Waals surface area (Å²) in [7, 11) is -3.72. The second-order valence-corrected chi connectivity index (χ2v) is 7.60. The standard InChI is InChI=1S/C12H12ClN3O3S2/c1-7(10-4-5-11(20-10)21(14,18)19)16-12(17)9-3-2-8(13)6-15-9/h2-7H,1H3,(H,16,17)(H2,14,18,19). The van der Waals surface area contributed by atoms with Crippen LogP contribution in [0, 0.1) is 0 Å². The molecule has 0 aliphatic rings. The highest BCUT2D eigenvalue weighted by Crippen LogP contribution is 2.25. The summed E-state index contributed by atoms with van der Waals surface area (Å²) in [5.74, 6) is -0.371. The van der Waals surface area contributed by atoms with Crippen molar-refractivity contribution in [3.8, 4) is 0 Å². The molecule has 0 radical (unpaired) electrons.